The van der Waals surface area contributed by atoms with Crippen LogP contribution in [0.4, 0.5) is 10.1 Å². The van der Waals surface area contributed by atoms with Crippen LogP contribution in [0.25, 0.3) is 0 Å². The molecule has 2 saturated heterocycles. The first-order valence-corrected chi connectivity index (χ1v) is 9.36. The lowest BCUT2D eigenvalue weighted by Gasteiger charge is -2.33. The van der Waals surface area contributed by atoms with Gasteiger partial charge in [0.15, 0.2) is 0 Å². The molecule has 2 fully saturated rings. The van der Waals surface area contributed by atoms with Gasteiger partial charge in [-0.25, -0.2) is 4.39 Å². The predicted molar refractivity (Wildman–Crippen MR) is 99.7 cm³/mol. The van der Waals surface area contributed by atoms with E-state index in [-0.39, 0.29) is 30.0 Å². The van der Waals surface area contributed by atoms with Crippen molar-refractivity contribution in [2.75, 3.05) is 24.5 Å². The van der Waals surface area contributed by atoms with Crippen LogP contribution >= 0.6 is 0 Å². The number of aromatic nitrogens is 1. The number of nitrogens with zero attached hydrogens (tertiary/aromatic N) is 3. The van der Waals surface area contributed by atoms with Gasteiger partial charge in [0, 0.05) is 44.1 Å². The Labute approximate surface area is 157 Å². The summed E-state index contributed by atoms with van der Waals surface area (Å²) in [5, 5.41) is 0. The van der Waals surface area contributed by atoms with Crippen molar-refractivity contribution in [3.63, 3.8) is 0 Å². The van der Waals surface area contributed by atoms with Crippen LogP contribution in [0.5, 0.6) is 0 Å². The van der Waals surface area contributed by atoms with Crippen LogP contribution in [-0.4, -0.2) is 41.3 Å². The van der Waals surface area contributed by atoms with Gasteiger partial charge in [-0.2, -0.15) is 0 Å². The standard InChI is InChI=1S/C21H22FN3O2/c22-18-2-1-3-19(13-18)25-14-17(12-20(25)26)21(27)24-10-6-16(7-11-24)15-4-8-23-9-5-15/h1-5,8-9,13,16-17H,6-7,10-12,14H2/t17-/m1/s1. The van der Waals surface area contributed by atoms with Gasteiger partial charge in [-0.1, -0.05) is 6.07 Å². The van der Waals surface area contributed by atoms with Crippen molar-refractivity contribution in [3.8, 4) is 0 Å². The second kappa shape index (κ2) is 7.47. The Bertz CT molecular complexity index is 834. The summed E-state index contributed by atoms with van der Waals surface area (Å²) in [7, 11) is 0. The van der Waals surface area contributed by atoms with Crippen LogP contribution in [0.15, 0.2) is 48.8 Å². The molecule has 0 bridgehead atoms. The molecular formula is C21H22FN3O2. The van der Waals surface area contributed by atoms with Crippen LogP contribution in [0.3, 0.4) is 0 Å². The maximum atomic E-state index is 13.5. The number of rotatable bonds is 3. The van der Waals surface area contributed by atoms with E-state index in [1.165, 1.54) is 22.6 Å². The van der Waals surface area contributed by atoms with E-state index in [1.807, 2.05) is 17.0 Å². The number of amides is 2. The van der Waals surface area contributed by atoms with Crippen LogP contribution in [0.1, 0.15) is 30.7 Å². The van der Waals surface area contributed by atoms with Crippen LogP contribution in [0.2, 0.25) is 0 Å². The van der Waals surface area contributed by atoms with E-state index in [4.69, 9.17) is 0 Å². The molecule has 140 valence electrons. The van der Waals surface area contributed by atoms with Gasteiger partial charge in [0.1, 0.15) is 5.82 Å². The Morgan fingerprint density at radius 1 is 1.11 bits per heavy atom. The molecule has 5 nitrogen and oxygen atoms in total. The smallest absolute Gasteiger partial charge is 0.228 e. The fraction of sp³-hybridized carbons (Fsp3) is 0.381. The number of carbonyl (C=O) groups excluding carboxylic acids is 2. The molecule has 2 aliphatic heterocycles. The molecule has 6 heteroatoms. The molecule has 4 rings (SSSR count). The predicted octanol–water partition coefficient (Wildman–Crippen LogP) is 2.98. The Hall–Kier alpha value is -2.76. The summed E-state index contributed by atoms with van der Waals surface area (Å²) in [5.74, 6) is -0.362. The minimum Gasteiger partial charge on any atom is -0.342 e. The Morgan fingerprint density at radius 2 is 1.85 bits per heavy atom. The second-order valence-electron chi connectivity index (χ2n) is 7.27. The van der Waals surface area contributed by atoms with Gasteiger partial charge in [-0.05, 0) is 54.7 Å². The third kappa shape index (κ3) is 3.70. The van der Waals surface area contributed by atoms with Crippen molar-refractivity contribution in [2.24, 2.45) is 5.92 Å². The highest BCUT2D eigenvalue weighted by Crippen LogP contribution is 2.31. The highest BCUT2D eigenvalue weighted by atomic mass is 19.1. The maximum absolute atomic E-state index is 13.5. The quantitative estimate of drug-likeness (QED) is 0.838. The summed E-state index contributed by atoms with van der Waals surface area (Å²) in [5.41, 5.74) is 1.79. The molecule has 0 N–H and O–H groups in total. The molecule has 0 saturated carbocycles. The van der Waals surface area contributed by atoms with Gasteiger partial charge in [0.05, 0.1) is 5.92 Å². The number of hydrogen-bond donors (Lipinski definition) is 0. The van der Waals surface area contributed by atoms with Gasteiger partial charge >= 0.3 is 0 Å². The van der Waals surface area contributed by atoms with E-state index >= 15 is 0 Å². The first kappa shape index (κ1) is 17.6. The minimum atomic E-state index is -0.381. The molecule has 27 heavy (non-hydrogen) atoms. The summed E-state index contributed by atoms with van der Waals surface area (Å²) in [4.78, 5) is 32.7. The zero-order valence-corrected chi connectivity index (χ0v) is 15.1. The van der Waals surface area contributed by atoms with E-state index in [1.54, 1.807) is 24.5 Å². The summed E-state index contributed by atoms with van der Waals surface area (Å²) in [6, 6.07) is 10.0. The van der Waals surface area contributed by atoms with Crippen LogP contribution in [-0.2, 0) is 9.59 Å². The van der Waals surface area contributed by atoms with E-state index in [0.29, 0.717) is 31.2 Å². The van der Waals surface area contributed by atoms with E-state index < -0.39 is 0 Å². The molecule has 0 spiro atoms. The maximum Gasteiger partial charge on any atom is 0.228 e. The van der Waals surface area contributed by atoms with Gasteiger partial charge < -0.3 is 9.80 Å². The fourth-order valence-corrected chi connectivity index (χ4v) is 4.09. The highest BCUT2D eigenvalue weighted by molar-refractivity contribution is 6.00. The fourth-order valence-electron chi connectivity index (χ4n) is 4.09. The number of piperidine rings is 1. The van der Waals surface area contributed by atoms with Gasteiger partial charge in [0.25, 0.3) is 0 Å². The number of likely N-dealkylation sites (tertiary alicyclic amines) is 1. The lowest BCUT2D eigenvalue weighted by atomic mass is 9.89. The molecule has 0 radical (unpaired) electrons. The first-order valence-electron chi connectivity index (χ1n) is 9.36. The minimum absolute atomic E-state index is 0.0374. The molecule has 1 aromatic heterocycles. The Kier molecular flexibility index (Phi) is 4.88. The molecule has 2 amide bonds. The number of hydrogen-bond acceptors (Lipinski definition) is 3. The molecule has 1 atom stereocenters. The molecular weight excluding hydrogens is 345 g/mol. The SMILES string of the molecule is O=C([C@@H]1CC(=O)N(c2cccc(F)c2)C1)N1CCC(c2ccncc2)CC1. The summed E-state index contributed by atoms with van der Waals surface area (Å²) in [6.07, 6.45) is 5.64. The Morgan fingerprint density at radius 3 is 2.56 bits per heavy atom. The van der Waals surface area contributed by atoms with Crippen LogP contribution < -0.4 is 4.90 Å². The van der Waals surface area contributed by atoms with Gasteiger partial charge in [-0.15, -0.1) is 0 Å². The van der Waals surface area contributed by atoms with Crippen molar-refractivity contribution in [3.05, 3.63) is 60.2 Å². The Balaban J connectivity index is 1.37. The van der Waals surface area contributed by atoms with Crippen molar-refractivity contribution in [2.45, 2.75) is 25.2 Å². The average Bonchev–Trinajstić information content (AvgIpc) is 3.10. The van der Waals surface area contributed by atoms with Crippen molar-refractivity contribution >= 4 is 17.5 Å². The lowest BCUT2D eigenvalue weighted by molar-refractivity contribution is -0.136. The normalized spacial score (nSPS) is 20.9. The zero-order valence-electron chi connectivity index (χ0n) is 15.1. The molecule has 0 unspecified atom stereocenters. The van der Waals surface area contributed by atoms with E-state index in [9.17, 15) is 14.0 Å². The van der Waals surface area contributed by atoms with Crippen molar-refractivity contribution < 1.29 is 14.0 Å². The molecule has 3 heterocycles. The lowest BCUT2D eigenvalue weighted by Crippen LogP contribution is -2.42. The highest BCUT2D eigenvalue weighted by Gasteiger charge is 2.38. The summed E-state index contributed by atoms with van der Waals surface area (Å²) < 4.78 is 13.5. The van der Waals surface area contributed by atoms with E-state index in [0.717, 1.165) is 12.8 Å². The molecule has 2 aromatic rings. The third-order valence-corrected chi connectivity index (χ3v) is 5.58. The first-order chi connectivity index (χ1) is 13.1. The average molecular weight is 367 g/mol. The molecule has 1 aromatic carbocycles. The number of anilines is 1. The van der Waals surface area contributed by atoms with Gasteiger partial charge in [-0.3, -0.25) is 14.6 Å². The summed E-state index contributed by atoms with van der Waals surface area (Å²) in [6.45, 7) is 1.73. The second-order valence-corrected chi connectivity index (χ2v) is 7.27. The molecule has 2 aliphatic rings. The number of carbonyl (C=O) groups is 2. The largest absolute Gasteiger partial charge is 0.342 e. The van der Waals surface area contributed by atoms with E-state index in [2.05, 4.69) is 4.98 Å². The molecule has 0 aliphatic carbocycles. The third-order valence-electron chi connectivity index (χ3n) is 5.58. The van der Waals surface area contributed by atoms with Crippen LogP contribution in [0, 0.1) is 11.7 Å². The number of pyridine rings is 1. The van der Waals surface area contributed by atoms with Crippen molar-refractivity contribution in [1.29, 1.82) is 0 Å². The zero-order chi connectivity index (χ0) is 18.8. The van der Waals surface area contributed by atoms with Gasteiger partial charge in [0.2, 0.25) is 11.8 Å². The topological polar surface area (TPSA) is 53.5 Å². The number of benzene rings is 1. The monoisotopic (exact) mass is 367 g/mol. The number of halogens is 1. The van der Waals surface area contributed by atoms with Crippen molar-refractivity contribution in [1.82, 2.24) is 9.88 Å². The summed E-state index contributed by atoms with van der Waals surface area (Å²) >= 11 is 0.